The molecule has 0 saturated carbocycles. The van der Waals surface area contributed by atoms with E-state index in [9.17, 15) is 4.79 Å². The molecule has 112 valence electrons. The van der Waals surface area contributed by atoms with Gasteiger partial charge < -0.3 is 10.6 Å². The van der Waals surface area contributed by atoms with Crippen LogP contribution in [0.1, 0.15) is 12.2 Å². The zero-order valence-electron chi connectivity index (χ0n) is 12.3. The third-order valence-corrected chi connectivity index (χ3v) is 3.79. The lowest BCUT2D eigenvalue weighted by atomic mass is 10.3. The fourth-order valence-corrected chi connectivity index (χ4v) is 2.54. The van der Waals surface area contributed by atoms with Gasteiger partial charge in [-0.15, -0.1) is 0 Å². The van der Waals surface area contributed by atoms with E-state index < -0.39 is 0 Å². The molecule has 8 heteroatoms. The van der Waals surface area contributed by atoms with E-state index in [0.717, 1.165) is 30.5 Å². The monoisotopic (exact) mass is 289 g/mol. The molecule has 8 nitrogen and oxygen atoms in total. The molecule has 1 aliphatic rings. The van der Waals surface area contributed by atoms with Crippen LogP contribution in [0.4, 0.5) is 5.82 Å². The molecule has 2 aromatic rings. The topological polar surface area (TPSA) is 93.2 Å². The summed E-state index contributed by atoms with van der Waals surface area (Å²) in [5.74, 6) is 1.18. The van der Waals surface area contributed by atoms with Crippen LogP contribution in [0.15, 0.2) is 6.20 Å². The minimum atomic E-state index is 0.127. The third-order valence-electron chi connectivity index (χ3n) is 3.79. The fraction of sp³-hybridized carbons (Fsp3) is 0.538. The molecule has 1 fully saturated rings. The van der Waals surface area contributed by atoms with Gasteiger partial charge in [-0.25, -0.2) is 9.97 Å². The molecule has 3 rings (SSSR count). The SMILES string of the molecule is CN1CCCN(Cc2nc(N)c3cnn(C)c3n2)CC1=O. The van der Waals surface area contributed by atoms with Crippen LogP contribution < -0.4 is 5.73 Å². The van der Waals surface area contributed by atoms with E-state index in [1.165, 1.54) is 0 Å². The number of nitrogen functional groups attached to an aromatic ring is 1. The standard InChI is InChI=1S/C13H19N7O/c1-18-4-3-5-20(8-11(18)21)7-10-16-12(14)9-6-15-19(2)13(9)17-10/h6H,3-5,7-8H2,1-2H3,(H2,14,16,17). The normalized spacial score (nSPS) is 17.4. The van der Waals surface area contributed by atoms with E-state index in [2.05, 4.69) is 20.0 Å². The molecule has 1 amide bonds. The summed E-state index contributed by atoms with van der Waals surface area (Å²) in [5, 5.41) is 4.90. The van der Waals surface area contributed by atoms with Gasteiger partial charge in [-0.2, -0.15) is 5.10 Å². The van der Waals surface area contributed by atoms with Crippen molar-refractivity contribution in [1.29, 1.82) is 0 Å². The van der Waals surface area contributed by atoms with Gasteiger partial charge >= 0.3 is 0 Å². The highest BCUT2D eigenvalue weighted by Crippen LogP contribution is 2.17. The molecule has 2 N–H and O–H groups in total. The van der Waals surface area contributed by atoms with E-state index in [-0.39, 0.29) is 5.91 Å². The summed E-state index contributed by atoms with van der Waals surface area (Å²) >= 11 is 0. The first-order valence-electron chi connectivity index (χ1n) is 6.95. The number of hydrogen-bond donors (Lipinski definition) is 1. The highest BCUT2D eigenvalue weighted by molar-refractivity contribution is 5.85. The van der Waals surface area contributed by atoms with E-state index in [1.807, 2.05) is 14.1 Å². The van der Waals surface area contributed by atoms with Crippen molar-refractivity contribution in [3.05, 3.63) is 12.0 Å². The number of likely N-dealkylation sites (N-methyl/N-ethyl adjacent to an activating group) is 1. The number of fused-ring (bicyclic) bond motifs is 1. The number of nitrogens with two attached hydrogens (primary N) is 1. The van der Waals surface area contributed by atoms with Crippen LogP contribution in [0.2, 0.25) is 0 Å². The van der Waals surface area contributed by atoms with E-state index in [0.29, 0.717) is 24.7 Å². The lowest BCUT2D eigenvalue weighted by Gasteiger charge is -2.18. The van der Waals surface area contributed by atoms with Gasteiger partial charge in [0.1, 0.15) is 11.6 Å². The summed E-state index contributed by atoms with van der Waals surface area (Å²) in [6.07, 6.45) is 2.62. The minimum Gasteiger partial charge on any atom is -0.383 e. The predicted octanol–water partition coefficient (Wildman–Crippen LogP) is -0.390. The first-order valence-corrected chi connectivity index (χ1v) is 6.95. The highest BCUT2D eigenvalue weighted by atomic mass is 16.2. The van der Waals surface area contributed by atoms with E-state index in [1.54, 1.807) is 15.8 Å². The second kappa shape index (κ2) is 5.28. The molecule has 0 spiro atoms. The van der Waals surface area contributed by atoms with Crippen LogP contribution in [0.3, 0.4) is 0 Å². The van der Waals surface area contributed by atoms with Gasteiger partial charge in [0, 0.05) is 27.2 Å². The molecule has 0 atom stereocenters. The van der Waals surface area contributed by atoms with Crippen LogP contribution in [0, 0.1) is 0 Å². The number of rotatable bonds is 2. The Bertz CT molecular complexity index is 680. The van der Waals surface area contributed by atoms with Crippen molar-refractivity contribution < 1.29 is 4.79 Å². The zero-order valence-corrected chi connectivity index (χ0v) is 12.3. The molecule has 1 aliphatic heterocycles. The van der Waals surface area contributed by atoms with E-state index >= 15 is 0 Å². The van der Waals surface area contributed by atoms with Crippen LogP contribution in [-0.4, -0.2) is 62.1 Å². The summed E-state index contributed by atoms with van der Waals surface area (Å²) in [6.45, 7) is 2.55. The minimum absolute atomic E-state index is 0.127. The van der Waals surface area contributed by atoms with Gasteiger partial charge in [0.15, 0.2) is 5.65 Å². The molecule has 0 bridgehead atoms. The number of aryl methyl sites for hydroxylation is 1. The average Bonchev–Trinajstić information content (AvgIpc) is 2.72. The van der Waals surface area contributed by atoms with Gasteiger partial charge in [-0.05, 0) is 6.42 Å². The molecule has 0 radical (unpaired) electrons. The first kappa shape index (κ1) is 13.7. The number of hydrogen-bond acceptors (Lipinski definition) is 6. The highest BCUT2D eigenvalue weighted by Gasteiger charge is 2.20. The summed E-state index contributed by atoms with van der Waals surface area (Å²) in [4.78, 5) is 24.6. The number of amides is 1. The Hall–Kier alpha value is -2.22. The lowest BCUT2D eigenvalue weighted by Crippen LogP contribution is -2.34. The maximum absolute atomic E-state index is 11.9. The number of anilines is 1. The first-order chi connectivity index (χ1) is 10.0. The molecule has 1 saturated heterocycles. The van der Waals surface area contributed by atoms with Crippen molar-refractivity contribution in [3.8, 4) is 0 Å². The molecule has 0 aliphatic carbocycles. The largest absolute Gasteiger partial charge is 0.383 e. The Morgan fingerprint density at radius 2 is 2.10 bits per heavy atom. The van der Waals surface area contributed by atoms with Crippen molar-refractivity contribution in [3.63, 3.8) is 0 Å². The van der Waals surface area contributed by atoms with Crippen LogP contribution >= 0.6 is 0 Å². The van der Waals surface area contributed by atoms with Gasteiger partial charge in [-0.3, -0.25) is 14.4 Å². The average molecular weight is 289 g/mol. The number of carbonyl (C=O) groups is 1. The van der Waals surface area contributed by atoms with Gasteiger partial charge in [0.25, 0.3) is 0 Å². The van der Waals surface area contributed by atoms with Gasteiger partial charge in [-0.1, -0.05) is 0 Å². The summed E-state index contributed by atoms with van der Waals surface area (Å²) < 4.78 is 1.68. The number of aromatic nitrogens is 4. The Kier molecular flexibility index (Phi) is 3.46. The van der Waals surface area contributed by atoms with E-state index in [4.69, 9.17) is 5.73 Å². The molecule has 21 heavy (non-hydrogen) atoms. The van der Waals surface area contributed by atoms with Crippen molar-refractivity contribution in [2.75, 3.05) is 32.4 Å². The lowest BCUT2D eigenvalue weighted by molar-refractivity contribution is -0.130. The zero-order chi connectivity index (χ0) is 15.0. The number of carbonyl (C=O) groups excluding carboxylic acids is 1. The van der Waals surface area contributed by atoms with Gasteiger partial charge in [0.2, 0.25) is 5.91 Å². The van der Waals surface area contributed by atoms with Crippen molar-refractivity contribution >= 4 is 22.8 Å². The van der Waals surface area contributed by atoms with Crippen molar-refractivity contribution in [2.24, 2.45) is 7.05 Å². The van der Waals surface area contributed by atoms with Gasteiger partial charge in [0.05, 0.1) is 24.7 Å². The smallest absolute Gasteiger partial charge is 0.236 e. The molecule has 0 unspecified atom stereocenters. The Balaban J connectivity index is 1.84. The predicted molar refractivity (Wildman–Crippen MR) is 78.2 cm³/mol. The quantitative estimate of drug-likeness (QED) is 0.809. The van der Waals surface area contributed by atoms with Crippen molar-refractivity contribution in [2.45, 2.75) is 13.0 Å². The molecular weight excluding hydrogens is 270 g/mol. The third kappa shape index (κ3) is 2.66. The molecular formula is C13H19N7O. The molecule has 2 aromatic heterocycles. The maximum Gasteiger partial charge on any atom is 0.236 e. The van der Waals surface area contributed by atoms with Crippen molar-refractivity contribution in [1.82, 2.24) is 29.5 Å². The second-order valence-corrected chi connectivity index (χ2v) is 5.41. The Morgan fingerprint density at radius 3 is 2.90 bits per heavy atom. The summed E-state index contributed by atoms with van der Waals surface area (Å²) in [6, 6.07) is 0. The maximum atomic E-state index is 11.9. The van der Waals surface area contributed by atoms with Crippen LogP contribution in [-0.2, 0) is 18.4 Å². The second-order valence-electron chi connectivity index (χ2n) is 5.41. The van der Waals surface area contributed by atoms with Crippen LogP contribution in [0.5, 0.6) is 0 Å². The fourth-order valence-electron chi connectivity index (χ4n) is 2.54. The Morgan fingerprint density at radius 1 is 1.29 bits per heavy atom. The Labute approximate surface area is 122 Å². The van der Waals surface area contributed by atoms with Crippen LogP contribution in [0.25, 0.3) is 11.0 Å². The molecule has 0 aromatic carbocycles. The molecule has 3 heterocycles. The summed E-state index contributed by atoms with van der Waals surface area (Å²) in [5.41, 5.74) is 6.68. The number of nitrogens with zero attached hydrogens (tertiary/aromatic N) is 6. The summed E-state index contributed by atoms with van der Waals surface area (Å²) in [7, 11) is 3.66.